The third-order valence-corrected chi connectivity index (χ3v) is 5.32. The zero-order chi connectivity index (χ0) is 19.8. The monoisotopic (exact) mass is 405 g/mol. The molecule has 4 aromatic rings. The van der Waals surface area contributed by atoms with Crippen LogP contribution in [0.15, 0.2) is 58.7 Å². The zero-order valence-electron chi connectivity index (χ0n) is 15.1. The van der Waals surface area contributed by atoms with Crippen LogP contribution in [-0.2, 0) is 0 Å². The van der Waals surface area contributed by atoms with Crippen LogP contribution < -0.4 is 20.3 Å². The third-order valence-electron chi connectivity index (χ3n) is 4.56. The highest BCUT2D eigenvalue weighted by Crippen LogP contribution is 2.35. The molecule has 0 radical (unpaired) electrons. The van der Waals surface area contributed by atoms with Crippen molar-refractivity contribution >= 4 is 33.3 Å². The van der Waals surface area contributed by atoms with Gasteiger partial charge >= 0.3 is 0 Å². The molecule has 2 aromatic heterocycles. The highest BCUT2D eigenvalue weighted by atomic mass is 32.1. The van der Waals surface area contributed by atoms with Crippen LogP contribution in [-0.4, -0.2) is 29.1 Å². The largest absolute Gasteiger partial charge is 0.486 e. The molecule has 1 aliphatic rings. The Hall–Kier alpha value is -3.65. The molecule has 144 valence electrons. The molecule has 2 aromatic carbocycles. The molecular formula is C21H15N3O4S. The molecule has 1 aliphatic heterocycles. The van der Waals surface area contributed by atoms with Crippen LogP contribution in [0.2, 0.25) is 0 Å². The molecule has 7 nitrogen and oxygen atoms in total. The third kappa shape index (κ3) is 3.34. The summed E-state index contributed by atoms with van der Waals surface area (Å²) in [6.07, 6.45) is 0. The van der Waals surface area contributed by atoms with Gasteiger partial charge in [-0.25, -0.2) is 4.98 Å². The van der Waals surface area contributed by atoms with Gasteiger partial charge in [0, 0.05) is 27.9 Å². The van der Waals surface area contributed by atoms with Gasteiger partial charge in [0.1, 0.15) is 13.2 Å². The first-order chi connectivity index (χ1) is 14.2. The van der Waals surface area contributed by atoms with E-state index in [0.29, 0.717) is 46.3 Å². The van der Waals surface area contributed by atoms with Crippen molar-refractivity contribution in [3.8, 4) is 22.8 Å². The maximum absolute atomic E-state index is 12.8. The van der Waals surface area contributed by atoms with E-state index in [9.17, 15) is 9.59 Å². The fourth-order valence-corrected chi connectivity index (χ4v) is 3.94. The molecule has 0 atom stereocenters. The number of para-hydroxylation sites is 1. The van der Waals surface area contributed by atoms with Gasteiger partial charge in [0.05, 0.1) is 11.3 Å². The van der Waals surface area contributed by atoms with Gasteiger partial charge in [0.2, 0.25) is 5.56 Å². The van der Waals surface area contributed by atoms with E-state index in [0.717, 1.165) is 11.3 Å². The number of pyridine rings is 1. The molecule has 0 saturated heterocycles. The molecule has 0 aliphatic carbocycles. The summed E-state index contributed by atoms with van der Waals surface area (Å²) in [5.41, 5.74) is 2.18. The number of nitrogens with one attached hydrogen (secondary N) is 2. The molecule has 0 spiro atoms. The number of aromatic nitrogens is 2. The van der Waals surface area contributed by atoms with Crippen LogP contribution in [0.1, 0.15) is 10.4 Å². The maximum Gasteiger partial charge on any atom is 0.258 e. The molecule has 3 heterocycles. The Bertz CT molecular complexity index is 1290. The summed E-state index contributed by atoms with van der Waals surface area (Å²) in [4.78, 5) is 31.9. The van der Waals surface area contributed by atoms with Gasteiger partial charge in [-0.15, -0.1) is 11.3 Å². The lowest BCUT2D eigenvalue weighted by Gasteiger charge is -2.18. The summed E-state index contributed by atoms with van der Waals surface area (Å²) in [5.74, 6) is 1.02. The van der Waals surface area contributed by atoms with Gasteiger partial charge in [0.25, 0.3) is 5.91 Å². The van der Waals surface area contributed by atoms with Crippen LogP contribution >= 0.6 is 11.3 Å². The summed E-state index contributed by atoms with van der Waals surface area (Å²) in [7, 11) is 0. The predicted molar refractivity (Wildman–Crippen MR) is 111 cm³/mol. The second-order valence-corrected chi connectivity index (χ2v) is 7.30. The highest BCUT2D eigenvalue weighted by molar-refractivity contribution is 7.14. The topological polar surface area (TPSA) is 93.3 Å². The summed E-state index contributed by atoms with van der Waals surface area (Å²) in [5, 5.41) is 5.77. The van der Waals surface area contributed by atoms with Crippen molar-refractivity contribution in [3.63, 3.8) is 0 Å². The number of hydrogen-bond acceptors (Lipinski definition) is 6. The van der Waals surface area contributed by atoms with Crippen LogP contribution in [0.3, 0.4) is 0 Å². The summed E-state index contributed by atoms with van der Waals surface area (Å²) in [6, 6.07) is 14.1. The molecule has 2 N–H and O–H groups in total. The van der Waals surface area contributed by atoms with E-state index in [1.54, 1.807) is 18.2 Å². The first kappa shape index (κ1) is 17.4. The molecule has 8 heteroatoms. The molecule has 29 heavy (non-hydrogen) atoms. The minimum Gasteiger partial charge on any atom is -0.486 e. The molecule has 0 bridgehead atoms. The Kier molecular flexibility index (Phi) is 4.25. The van der Waals surface area contributed by atoms with Gasteiger partial charge in [-0.2, -0.15) is 0 Å². The van der Waals surface area contributed by atoms with Gasteiger partial charge < -0.3 is 14.5 Å². The first-order valence-corrected chi connectivity index (χ1v) is 9.84. The van der Waals surface area contributed by atoms with Gasteiger partial charge in [-0.1, -0.05) is 18.2 Å². The second-order valence-electron chi connectivity index (χ2n) is 6.44. The number of ether oxygens (including phenoxy) is 2. The standard InChI is InChI=1S/C21H15N3O4S/c25-19-10-14(13-3-1-2-4-15(13)22-19)20(26)24-21-23-16(11-29-21)12-5-6-17-18(9-12)28-8-7-27-17/h1-6,9-11H,7-8H2,(H,22,25)(H,23,24,26). The fourth-order valence-electron chi connectivity index (χ4n) is 3.22. The zero-order valence-corrected chi connectivity index (χ0v) is 15.9. The Morgan fingerprint density at radius 3 is 2.79 bits per heavy atom. The smallest absolute Gasteiger partial charge is 0.258 e. The van der Waals surface area contributed by atoms with Crippen molar-refractivity contribution in [2.45, 2.75) is 0 Å². The predicted octanol–water partition coefficient (Wildman–Crippen LogP) is 3.68. The normalized spacial score (nSPS) is 12.7. The number of anilines is 1. The number of thiazole rings is 1. The van der Waals surface area contributed by atoms with Gasteiger partial charge in [0.15, 0.2) is 16.6 Å². The van der Waals surface area contributed by atoms with E-state index >= 15 is 0 Å². The van der Waals surface area contributed by atoms with Crippen molar-refractivity contribution in [2.75, 3.05) is 18.5 Å². The molecule has 1 amide bonds. The summed E-state index contributed by atoms with van der Waals surface area (Å²) < 4.78 is 11.2. The number of rotatable bonds is 3. The lowest BCUT2D eigenvalue weighted by molar-refractivity contribution is 0.102. The van der Waals surface area contributed by atoms with E-state index in [1.165, 1.54) is 17.4 Å². The van der Waals surface area contributed by atoms with Crippen LogP contribution in [0.25, 0.3) is 22.2 Å². The quantitative estimate of drug-likeness (QED) is 0.542. The molecule has 0 saturated carbocycles. The average molecular weight is 405 g/mol. The number of hydrogen-bond donors (Lipinski definition) is 2. The Morgan fingerprint density at radius 2 is 1.90 bits per heavy atom. The van der Waals surface area contributed by atoms with Crippen molar-refractivity contribution in [2.24, 2.45) is 0 Å². The Morgan fingerprint density at radius 1 is 1.07 bits per heavy atom. The van der Waals surface area contributed by atoms with E-state index < -0.39 is 0 Å². The number of carbonyl (C=O) groups is 1. The molecular weight excluding hydrogens is 390 g/mol. The number of benzene rings is 2. The van der Waals surface area contributed by atoms with Crippen LogP contribution in [0, 0.1) is 0 Å². The average Bonchev–Trinajstić information content (AvgIpc) is 3.21. The molecule has 0 fully saturated rings. The Labute approximate surface area is 168 Å². The summed E-state index contributed by atoms with van der Waals surface area (Å²) in [6.45, 7) is 1.05. The molecule has 5 rings (SSSR count). The van der Waals surface area contributed by atoms with Crippen LogP contribution in [0.4, 0.5) is 5.13 Å². The van der Waals surface area contributed by atoms with Gasteiger partial charge in [-0.3, -0.25) is 14.9 Å². The van der Waals surface area contributed by atoms with E-state index in [2.05, 4.69) is 15.3 Å². The van der Waals surface area contributed by atoms with E-state index in [-0.39, 0.29) is 11.5 Å². The fraction of sp³-hybridized carbons (Fsp3) is 0.0952. The number of carbonyl (C=O) groups excluding carboxylic acids is 1. The van der Waals surface area contributed by atoms with E-state index in [4.69, 9.17) is 9.47 Å². The number of H-pyrrole nitrogens is 1. The SMILES string of the molecule is O=C(Nc1nc(-c2ccc3c(c2)OCCO3)cs1)c1cc(=O)[nH]c2ccccc12. The lowest BCUT2D eigenvalue weighted by atomic mass is 10.1. The second kappa shape index (κ2) is 7.06. The number of aromatic amines is 1. The lowest BCUT2D eigenvalue weighted by Crippen LogP contribution is -2.16. The minimum atomic E-state index is -0.379. The van der Waals surface area contributed by atoms with Crippen molar-refractivity contribution in [1.82, 2.24) is 9.97 Å². The van der Waals surface area contributed by atoms with Crippen LogP contribution in [0.5, 0.6) is 11.5 Å². The van der Waals surface area contributed by atoms with Crippen molar-refractivity contribution in [1.29, 1.82) is 0 Å². The summed E-state index contributed by atoms with van der Waals surface area (Å²) >= 11 is 1.31. The number of amides is 1. The maximum atomic E-state index is 12.8. The number of nitrogens with zero attached hydrogens (tertiary/aromatic N) is 1. The Balaban J connectivity index is 1.42. The van der Waals surface area contributed by atoms with Gasteiger partial charge in [-0.05, 0) is 24.3 Å². The molecule has 0 unspecified atom stereocenters. The highest BCUT2D eigenvalue weighted by Gasteiger charge is 2.16. The number of fused-ring (bicyclic) bond motifs is 2. The van der Waals surface area contributed by atoms with Crippen molar-refractivity contribution < 1.29 is 14.3 Å². The van der Waals surface area contributed by atoms with Crippen molar-refractivity contribution in [3.05, 3.63) is 69.8 Å². The first-order valence-electron chi connectivity index (χ1n) is 8.96. The minimum absolute atomic E-state index is 0.306. The van der Waals surface area contributed by atoms with E-state index in [1.807, 2.05) is 29.6 Å².